The lowest BCUT2D eigenvalue weighted by Crippen LogP contribution is -2.32. The molecular weight excluding hydrogens is 378 g/mol. The molecule has 28 heavy (non-hydrogen) atoms. The molecule has 2 aromatic carbocycles. The van der Waals surface area contributed by atoms with Crippen LogP contribution in [0.4, 0.5) is 5.69 Å². The van der Waals surface area contributed by atoms with Gasteiger partial charge in [-0.3, -0.25) is 9.10 Å². The number of amides is 1. The Morgan fingerprint density at radius 2 is 1.79 bits per heavy atom. The van der Waals surface area contributed by atoms with E-state index in [2.05, 4.69) is 9.71 Å². The van der Waals surface area contributed by atoms with Crippen molar-refractivity contribution >= 4 is 27.5 Å². The van der Waals surface area contributed by atoms with Crippen LogP contribution >= 0.6 is 0 Å². The van der Waals surface area contributed by atoms with Crippen LogP contribution in [0.3, 0.4) is 0 Å². The summed E-state index contributed by atoms with van der Waals surface area (Å²) in [5, 5.41) is 2.81. The molecule has 0 atom stereocenters. The lowest BCUT2D eigenvalue weighted by Gasteiger charge is -2.24. The number of methoxy groups -OCH3 is 1. The number of rotatable bonds is 5. The van der Waals surface area contributed by atoms with Gasteiger partial charge in [-0.1, -0.05) is 30.3 Å². The van der Waals surface area contributed by atoms with Gasteiger partial charge >= 0.3 is 10.2 Å². The summed E-state index contributed by atoms with van der Waals surface area (Å²) in [6, 6.07) is 14.4. The normalized spacial score (nSPS) is 15.5. The molecule has 0 saturated heterocycles. The fourth-order valence-electron chi connectivity index (χ4n) is 2.74. The Hall–Kier alpha value is -3.13. The van der Waals surface area contributed by atoms with Gasteiger partial charge in [0.25, 0.3) is 5.91 Å². The van der Waals surface area contributed by atoms with E-state index in [-0.39, 0.29) is 17.8 Å². The lowest BCUT2D eigenvalue weighted by molar-refractivity contribution is -0.112. The second-order valence-corrected chi connectivity index (χ2v) is 7.91. The topological polar surface area (TPSA) is 88.1 Å². The number of nitrogens with zero attached hydrogens (tertiary/aromatic N) is 2. The van der Waals surface area contributed by atoms with Gasteiger partial charge in [-0.2, -0.15) is 8.42 Å². The molecule has 8 heteroatoms. The number of hydrogen-bond acceptors (Lipinski definition) is 4. The van der Waals surface area contributed by atoms with Crippen molar-refractivity contribution in [3.05, 3.63) is 71.4 Å². The highest BCUT2D eigenvalue weighted by molar-refractivity contribution is 7.88. The van der Waals surface area contributed by atoms with Crippen LogP contribution in [-0.2, 0) is 21.5 Å². The van der Waals surface area contributed by atoms with Crippen LogP contribution in [0.2, 0.25) is 0 Å². The van der Waals surface area contributed by atoms with E-state index in [1.54, 1.807) is 37.4 Å². The van der Waals surface area contributed by atoms with E-state index in [0.717, 1.165) is 15.4 Å². The third-order valence-electron chi connectivity index (χ3n) is 4.35. The molecule has 0 radical (unpaired) electrons. The summed E-state index contributed by atoms with van der Waals surface area (Å²) < 4.78 is 34.8. The van der Waals surface area contributed by atoms with Crippen molar-refractivity contribution < 1.29 is 17.9 Å². The summed E-state index contributed by atoms with van der Waals surface area (Å²) in [4.78, 5) is 12.7. The molecular formula is C20H21N3O4S. The smallest absolute Gasteiger partial charge is 0.344 e. The average Bonchev–Trinajstić information content (AvgIpc) is 2.66. The van der Waals surface area contributed by atoms with E-state index in [4.69, 9.17) is 4.74 Å². The molecule has 3 rings (SSSR count). The summed E-state index contributed by atoms with van der Waals surface area (Å²) in [7, 11) is -2.34. The van der Waals surface area contributed by atoms with Crippen LogP contribution in [0.25, 0.3) is 0 Å². The van der Waals surface area contributed by atoms with Gasteiger partial charge in [-0.05, 0) is 43.2 Å². The van der Waals surface area contributed by atoms with E-state index in [1.807, 2.05) is 25.1 Å². The second kappa shape index (κ2) is 7.85. The number of nitrogens with one attached hydrogen (secondary N) is 1. The minimum Gasteiger partial charge on any atom is -0.497 e. The Kier molecular flexibility index (Phi) is 5.51. The number of carbonyl (C=O) groups is 1. The minimum absolute atomic E-state index is 0.0598. The molecule has 1 aliphatic rings. The highest BCUT2D eigenvalue weighted by Gasteiger charge is 2.28. The maximum Gasteiger partial charge on any atom is 0.344 e. The number of hydrogen-bond donors (Lipinski definition) is 1. The monoisotopic (exact) mass is 399 g/mol. The van der Waals surface area contributed by atoms with Crippen molar-refractivity contribution in [2.24, 2.45) is 4.40 Å². The van der Waals surface area contributed by atoms with Gasteiger partial charge in [0.1, 0.15) is 5.75 Å². The summed E-state index contributed by atoms with van der Waals surface area (Å²) >= 11 is 0. The summed E-state index contributed by atoms with van der Waals surface area (Å²) in [6.45, 7) is 3.45. The summed E-state index contributed by atoms with van der Waals surface area (Å²) in [5.41, 5.74) is 2.67. The van der Waals surface area contributed by atoms with Crippen LogP contribution in [0, 0.1) is 6.92 Å². The molecule has 1 aliphatic heterocycles. The van der Waals surface area contributed by atoms with Crippen molar-refractivity contribution in [3.8, 4) is 5.75 Å². The predicted octanol–water partition coefficient (Wildman–Crippen LogP) is 3.05. The SMILES string of the molecule is COc1ccc(CN2C=C(C(=O)Nc3ccccc3C)C(C)=NS2(=O)=O)cc1. The predicted molar refractivity (Wildman–Crippen MR) is 108 cm³/mol. The zero-order valence-corrected chi connectivity index (χ0v) is 16.7. The maximum absolute atomic E-state index is 12.7. The first-order chi connectivity index (χ1) is 13.3. The first-order valence-corrected chi connectivity index (χ1v) is 10.0. The van der Waals surface area contributed by atoms with E-state index in [9.17, 15) is 13.2 Å². The molecule has 1 amide bonds. The van der Waals surface area contributed by atoms with E-state index >= 15 is 0 Å². The van der Waals surface area contributed by atoms with Crippen molar-refractivity contribution in [3.63, 3.8) is 0 Å². The number of para-hydroxylation sites is 1. The lowest BCUT2D eigenvalue weighted by atomic mass is 10.1. The Bertz CT molecular complexity index is 1060. The second-order valence-electron chi connectivity index (χ2n) is 6.36. The molecule has 0 spiro atoms. The molecule has 1 N–H and O–H groups in total. The van der Waals surface area contributed by atoms with Gasteiger partial charge in [0.15, 0.2) is 0 Å². The van der Waals surface area contributed by atoms with Crippen molar-refractivity contribution in [2.45, 2.75) is 20.4 Å². The molecule has 0 fully saturated rings. The Labute approximate surface area is 164 Å². The Morgan fingerprint density at radius 3 is 2.43 bits per heavy atom. The highest BCUT2D eigenvalue weighted by atomic mass is 32.2. The fourth-order valence-corrected chi connectivity index (χ4v) is 3.84. The quantitative estimate of drug-likeness (QED) is 0.837. The highest BCUT2D eigenvalue weighted by Crippen LogP contribution is 2.22. The van der Waals surface area contributed by atoms with Crippen LogP contribution in [0.15, 0.2) is 64.7 Å². The third kappa shape index (κ3) is 4.23. The number of carbonyl (C=O) groups excluding carboxylic acids is 1. The van der Waals surface area contributed by atoms with Gasteiger partial charge in [0, 0.05) is 11.9 Å². The maximum atomic E-state index is 12.7. The number of ether oxygens (including phenoxy) is 1. The van der Waals surface area contributed by atoms with Crippen LogP contribution in [0.1, 0.15) is 18.1 Å². The summed E-state index contributed by atoms with van der Waals surface area (Å²) in [5.74, 6) is 0.262. The van der Waals surface area contributed by atoms with Gasteiger partial charge in [0.05, 0.1) is 24.9 Å². The van der Waals surface area contributed by atoms with E-state index in [1.165, 1.54) is 13.1 Å². The zero-order valence-electron chi connectivity index (χ0n) is 15.8. The Balaban J connectivity index is 1.86. The van der Waals surface area contributed by atoms with Gasteiger partial charge in [-0.15, -0.1) is 4.40 Å². The molecule has 146 valence electrons. The molecule has 0 bridgehead atoms. The first-order valence-electron chi connectivity index (χ1n) is 8.60. The zero-order chi connectivity index (χ0) is 20.3. The van der Waals surface area contributed by atoms with Gasteiger partial charge in [0.2, 0.25) is 0 Å². The van der Waals surface area contributed by atoms with Crippen molar-refractivity contribution in [2.75, 3.05) is 12.4 Å². The van der Waals surface area contributed by atoms with Crippen LogP contribution in [-0.4, -0.2) is 31.5 Å². The average molecular weight is 399 g/mol. The standard InChI is InChI=1S/C20H21N3O4S/c1-14-6-4-5-7-19(14)21-20(24)18-13-23(28(25,26)22-15(18)2)12-16-8-10-17(27-3)11-9-16/h4-11,13H,12H2,1-3H3,(H,21,24). The summed E-state index contributed by atoms with van der Waals surface area (Å²) in [6.07, 6.45) is 1.33. The van der Waals surface area contributed by atoms with Gasteiger partial charge in [-0.25, -0.2) is 0 Å². The Morgan fingerprint density at radius 1 is 1.11 bits per heavy atom. The molecule has 0 aromatic heterocycles. The van der Waals surface area contributed by atoms with Crippen molar-refractivity contribution in [1.82, 2.24) is 4.31 Å². The fraction of sp³-hybridized carbons (Fsp3) is 0.200. The molecule has 2 aromatic rings. The van der Waals surface area contributed by atoms with Crippen LogP contribution in [0.5, 0.6) is 5.75 Å². The van der Waals surface area contributed by atoms with Crippen LogP contribution < -0.4 is 10.1 Å². The first kappa shape index (κ1) is 19.6. The third-order valence-corrected chi connectivity index (χ3v) is 5.68. The van der Waals surface area contributed by atoms with E-state index < -0.39 is 16.1 Å². The molecule has 0 unspecified atom stereocenters. The molecule has 1 heterocycles. The molecule has 0 aliphatic carbocycles. The number of benzene rings is 2. The number of aryl methyl sites for hydroxylation is 1. The molecule has 0 saturated carbocycles. The van der Waals surface area contributed by atoms with E-state index in [0.29, 0.717) is 11.4 Å². The van der Waals surface area contributed by atoms with Gasteiger partial charge < -0.3 is 10.1 Å². The minimum atomic E-state index is -3.90. The molecule has 7 nitrogen and oxygen atoms in total. The van der Waals surface area contributed by atoms with Crippen molar-refractivity contribution in [1.29, 1.82) is 0 Å². The largest absolute Gasteiger partial charge is 0.497 e. The number of anilines is 1.